The van der Waals surface area contributed by atoms with Crippen LogP contribution in [0.15, 0.2) is 18.2 Å². The lowest BCUT2D eigenvalue weighted by molar-refractivity contribution is -0.385. The predicted octanol–water partition coefficient (Wildman–Crippen LogP) is 1.90. The molecule has 0 aromatic heterocycles. The SMILES string of the molecule is CCOc1cccc(N2CCC(C(=O)O)C2)c1[N+](=O)[O-]. The van der Waals surface area contributed by atoms with Gasteiger partial charge in [0.25, 0.3) is 0 Å². The average molecular weight is 280 g/mol. The Kier molecular flexibility index (Phi) is 4.07. The van der Waals surface area contributed by atoms with Gasteiger partial charge in [-0.15, -0.1) is 0 Å². The molecule has 2 rings (SSSR count). The fourth-order valence-corrected chi connectivity index (χ4v) is 2.40. The summed E-state index contributed by atoms with van der Waals surface area (Å²) < 4.78 is 5.29. The lowest BCUT2D eigenvalue weighted by atomic mass is 10.1. The van der Waals surface area contributed by atoms with Crippen LogP contribution in [-0.4, -0.2) is 35.7 Å². The Morgan fingerprint density at radius 2 is 2.35 bits per heavy atom. The Bertz CT molecular complexity index is 531. The van der Waals surface area contributed by atoms with Crippen molar-refractivity contribution < 1.29 is 19.6 Å². The smallest absolute Gasteiger partial charge is 0.333 e. The molecule has 108 valence electrons. The summed E-state index contributed by atoms with van der Waals surface area (Å²) in [4.78, 5) is 23.5. The van der Waals surface area contributed by atoms with Gasteiger partial charge in [0.15, 0.2) is 5.75 Å². The van der Waals surface area contributed by atoms with Crippen molar-refractivity contribution in [1.82, 2.24) is 0 Å². The normalized spacial score (nSPS) is 18.1. The van der Waals surface area contributed by atoms with E-state index in [2.05, 4.69) is 0 Å². The summed E-state index contributed by atoms with van der Waals surface area (Å²) in [7, 11) is 0. The summed E-state index contributed by atoms with van der Waals surface area (Å²) in [5.74, 6) is -1.13. The third-order valence-corrected chi connectivity index (χ3v) is 3.34. The van der Waals surface area contributed by atoms with Gasteiger partial charge in [0.05, 0.1) is 17.4 Å². The minimum absolute atomic E-state index is 0.0969. The first-order chi connectivity index (χ1) is 9.54. The molecule has 0 aliphatic carbocycles. The van der Waals surface area contributed by atoms with Gasteiger partial charge in [0.2, 0.25) is 0 Å². The zero-order chi connectivity index (χ0) is 14.7. The quantitative estimate of drug-likeness (QED) is 0.654. The number of rotatable bonds is 5. The van der Waals surface area contributed by atoms with Crippen molar-refractivity contribution in [3.63, 3.8) is 0 Å². The molecule has 1 atom stereocenters. The highest BCUT2D eigenvalue weighted by Gasteiger charge is 2.33. The first kappa shape index (κ1) is 14.1. The van der Waals surface area contributed by atoms with Crippen molar-refractivity contribution in [3.8, 4) is 5.75 Å². The van der Waals surface area contributed by atoms with Gasteiger partial charge in [0.1, 0.15) is 5.69 Å². The number of nitro groups is 1. The van der Waals surface area contributed by atoms with E-state index in [-0.39, 0.29) is 18.0 Å². The molecule has 1 aliphatic rings. The number of nitro benzene ring substituents is 1. The summed E-state index contributed by atoms with van der Waals surface area (Å²) in [6, 6.07) is 4.86. The number of hydrogen-bond acceptors (Lipinski definition) is 5. The van der Waals surface area contributed by atoms with Gasteiger partial charge >= 0.3 is 11.7 Å². The number of anilines is 1. The molecular formula is C13H16N2O5. The molecule has 7 heteroatoms. The van der Waals surface area contributed by atoms with Crippen LogP contribution in [-0.2, 0) is 4.79 Å². The molecule has 1 saturated heterocycles. The van der Waals surface area contributed by atoms with Crippen LogP contribution in [0.25, 0.3) is 0 Å². The molecule has 1 heterocycles. The number of carbonyl (C=O) groups is 1. The molecule has 1 fully saturated rings. The fourth-order valence-electron chi connectivity index (χ4n) is 2.40. The van der Waals surface area contributed by atoms with Gasteiger partial charge in [-0.25, -0.2) is 0 Å². The first-order valence-electron chi connectivity index (χ1n) is 6.42. The van der Waals surface area contributed by atoms with E-state index >= 15 is 0 Å². The van der Waals surface area contributed by atoms with Crippen LogP contribution in [0.5, 0.6) is 5.75 Å². The van der Waals surface area contributed by atoms with Gasteiger partial charge in [-0.2, -0.15) is 0 Å². The zero-order valence-corrected chi connectivity index (χ0v) is 11.1. The zero-order valence-electron chi connectivity index (χ0n) is 11.1. The number of nitrogens with zero attached hydrogens (tertiary/aromatic N) is 2. The monoisotopic (exact) mass is 280 g/mol. The third-order valence-electron chi connectivity index (χ3n) is 3.34. The van der Waals surface area contributed by atoms with Crippen molar-refractivity contribution >= 4 is 17.3 Å². The summed E-state index contributed by atoms with van der Waals surface area (Å²) in [5.41, 5.74) is 0.324. The summed E-state index contributed by atoms with van der Waals surface area (Å²) >= 11 is 0. The molecule has 0 bridgehead atoms. The van der Waals surface area contributed by atoms with Crippen molar-refractivity contribution in [2.75, 3.05) is 24.6 Å². The van der Waals surface area contributed by atoms with E-state index in [1.807, 2.05) is 0 Å². The first-order valence-corrected chi connectivity index (χ1v) is 6.42. The highest BCUT2D eigenvalue weighted by Crippen LogP contribution is 2.39. The average Bonchev–Trinajstić information content (AvgIpc) is 2.88. The number of aliphatic carboxylic acids is 1. The lowest BCUT2D eigenvalue weighted by Crippen LogP contribution is -2.23. The van der Waals surface area contributed by atoms with E-state index in [9.17, 15) is 14.9 Å². The second kappa shape index (κ2) is 5.77. The van der Waals surface area contributed by atoms with E-state index in [1.165, 1.54) is 0 Å². The van der Waals surface area contributed by atoms with Gasteiger partial charge in [0, 0.05) is 13.1 Å². The molecule has 20 heavy (non-hydrogen) atoms. The van der Waals surface area contributed by atoms with Crippen LogP contribution < -0.4 is 9.64 Å². The molecule has 1 N–H and O–H groups in total. The second-order valence-corrected chi connectivity index (χ2v) is 4.58. The van der Waals surface area contributed by atoms with Crippen LogP contribution in [0.4, 0.5) is 11.4 Å². The van der Waals surface area contributed by atoms with E-state index in [4.69, 9.17) is 9.84 Å². The van der Waals surface area contributed by atoms with Crippen molar-refractivity contribution in [3.05, 3.63) is 28.3 Å². The Morgan fingerprint density at radius 3 is 2.90 bits per heavy atom. The number of hydrogen-bond donors (Lipinski definition) is 1. The summed E-state index contributed by atoms with van der Waals surface area (Å²) in [6.07, 6.45) is 0.491. The van der Waals surface area contributed by atoms with E-state index in [0.717, 1.165) is 0 Å². The molecule has 1 unspecified atom stereocenters. The maximum Gasteiger partial charge on any atom is 0.333 e. The predicted molar refractivity (Wildman–Crippen MR) is 72.2 cm³/mol. The summed E-state index contributed by atoms with van der Waals surface area (Å²) in [5, 5.41) is 20.3. The van der Waals surface area contributed by atoms with Crippen LogP contribution in [0, 0.1) is 16.0 Å². The number of ether oxygens (including phenoxy) is 1. The number of benzene rings is 1. The highest BCUT2D eigenvalue weighted by molar-refractivity contribution is 5.75. The Labute approximate surface area is 115 Å². The van der Waals surface area contributed by atoms with Gasteiger partial charge in [-0.3, -0.25) is 14.9 Å². The van der Waals surface area contributed by atoms with Crippen LogP contribution in [0.1, 0.15) is 13.3 Å². The van der Waals surface area contributed by atoms with Crippen LogP contribution in [0.2, 0.25) is 0 Å². The second-order valence-electron chi connectivity index (χ2n) is 4.58. The van der Waals surface area contributed by atoms with Crippen molar-refractivity contribution in [2.45, 2.75) is 13.3 Å². The number of carboxylic acid groups (broad SMARTS) is 1. The number of carboxylic acids is 1. The van der Waals surface area contributed by atoms with Crippen LogP contribution >= 0.6 is 0 Å². The van der Waals surface area contributed by atoms with E-state index in [0.29, 0.717) is 25.3 Å². The van der Waals surface area contributed by atoms with Gasteiger partial charge < -0.3 is 14.7 Å². The fraction of sp³-hybridized carbons (Fsp3) is 0.462. The molecule has 0 spiro atoms. The molecule has 0 amide bonds. The van der Waals surface area contributed by atoms with Gasteiger partial charge in [-0.1, -0.05) is 6.07 Å². The molecule has 1 aromatic carbocycles. The van der Waals surface area contributed by atoms with Crippen molar-refractivity contribution in [1.29, 1.82) is 0 Å². The highest BCUT2D eigenvalue weighted by atomic mass is 16.6. The van der Waals surface area contributed by atoms with E-state index < -0.39 is 16.8 Å². The minimum Gasteiger partial charge on any atom is -0.487 e. The molecule has 1 aliphatic heterocycles. The largest absolute Gasteiger partial charge is 0.487 e. The standard InChI is InChI=1S/C13H16N2O5/c1-2-20-11-5-3-4-10(12(11)15(18)19)14-7-6-9(8-14)13(16)17/h3-5,9H,2,6-8H2,1H3,(H,16,17). The molecule has 1 aromatic rings. The van der Waals surface area contributed by atoms with Crippen molar-refractivity contribution in [2.24, 2.45) is 5.92 Å². The maximum absolute atomic E-state index is 11.3. The Morgan fingerprint density at radius 1 is 1.60 bits per heavy atom. The Balaban J connectivity index is 2.34. The molecule has 0 radical (unpaired) electrons. The minimum atomic E-state index is -0.865. The molecule has 7 nitrogen and oxygen atoms in total. The number of para-hydroxylation sites is 1. The molecular weight excluding hydrogens is 264 g/mol. The maximum atomic E-state index is 11.3. The van der Waals surface area contributed by atoms with E-state index in [1.54, 1.807) is 30.0 Å². The molecule has 0 saturated carbocycles. The van der Waals surface area contributed by atoms with Gasteiger partial charge in [-0.05, 0) is 25.5 Å². The Hall–Kier alpha value is -2.31. The summed E-state index contributed by atoms with van der Waals surface area (Å²) in [6.45, 7) is 2.87. The lowest BCUT2D eigenvalue weighted by Gasteiger charge is -2.19. The topological polar surface area (TPSA) is 92.9 Å². The van der Waals surface area contributed by atoms with Crippen LogP contribution in [0.3, 0.4) is 0 Å². The third kappa shape index (κ3) is 2.66.